The van der Waals surface area contributed by atoms with E-state index >= 15 is 0 Å². The molecule has 0 aromatic carbocycles. The zero-order valence-corrected chi connectivity index (χ0v) is 6.36. The van der Waals surface area contributed by atoms with Crippen LogP contribution in [0.2, 0.25) is 0 Å². The first-order chi connectivity index (χ1) is 5.86. The number of pyridine rings is 1. The van der Waals surface area contributed by atoms with Gasteiger partial charge in [-0.05, 0) is 12.1 Å². The molecule has 2 aromatic rings. The maximum Gasteiger partial charge on any atom is 0.197 e. The van der Waals surface area contributed by atoms with Crippen LogP contribution in [0.15, 0.2) is 30.7 Å². The number of imidazole rings is 1. The summed E-state index contributed by atoms with van der Waals surface area (Å²) < 4.78 is 0. The molecule has 3 N–H and O–H groups in total. The fourth-order valence-corrected chi connectivity index (χ4v) is 1.01. The standard InChI is InChI=1S/C8H8N4/c9-8-11-5-7(12-8)6-2-1-3-10-4-6/h1-5H,(H3,9,11,12). The zero-order chi connectivity index (χ0) is 8.39. The number of nitrogens with one attached hydrogen (secondary N) is 1. The lowest BCUT2D eigenvalue weighted by Crippen LogP contribution is -1.85. The first kappa shape index (κ1) is 6.84. The van der Waals surface area contributed by atoms with Crippen LogP contribution in [0.3, 0.4) is 0 Å². The fourth-order valence-electron chi connectivity index (χ4n) is 1.01. The Morgan fingerprint density at radius 2 is 2.25 bits per heavy atom. The Morgan fingerprint density at radius 1 is 1.33 bits per heavy atom. The van der Waals surface area contributed by atoms with Gasteiger partial charge in [-0.1, -0.05) is 0 Å². The third-order valence-electron chi connectivity index (χ3n) is 1.57. The van der Waals surface area contributed by atoms with E-state index in [0.717, 1.165) is 11.3 Å². The Balaban J connectivity index is 2.45. The van der Waals surface area contributed by atoms with Gasteiger partial charge in [0.25, 0.3) is 0 Å². The summed E-state index contributed by atoms with van der Waals surface area (Å²) in [5.41, 5.74) is 7.31. The van der Waals surface area contributed by atoms with Gasteiger partial charge in [-0.3, -0.25) is 4.98 Å². The van der Waals surface area contributed by atoms with E-state index in [-0.39, 0.29) is 0 Å². The number of nitrogens with two attached hydrogens (primary N) is 1. The number of hydrogen-bond acceptors (Lipinski definition) is 3. The number of H-pyrrole nitrogens is 1. The predicted molar refractivity (Wildman–Crippen MR) is 46.2 cm³/mol. The summed E-state index contributed by atoms with van der Waals surface area (Å²) in [6, 6.07) is 3.81. The van der Waals surface area contributed by atoms with Crippen molar-refractivity contribution >= 4 is 5.95 Å². The summed E-state index contributed by atoms with van der Waals surface area (Å²) in [5.74, 6) is 0.425. The molecule has 12 heavy (non-hydrogen) atoms. The van der Waals surface area contributed by atoms with Gasteiger partial charge < -0.3 is 10.7 Å². The fraction of sp³-hybridized carbons (Fsp3) is 0. The summed E-state index contributed by atoms with van der Waals surface area (Å²) in [6.45, 7) is 0. The van der Waals surface area contributed by atoms with E-state index in [9.17, 15) is 0 Å². The second kappa shape index (κ2) is 2.65. The van der Waals surface area contributed by atoms with Gasteiger partial charge in [0.1, 0.15) is 0 Å². The molecule has 0 fully saturated rings. The Hall–Kier alpha value is -1.84. The molecule has 0 radical (unpaired) electrons. The molecule has 0 bridgehead atoms. The molecule has 0 spiro atoms. The maximum absolute atomic E-state index is 5.43. The van der Waals surface area contributed by atoms with Crippen LogP contribution in [0.5, 0.6) is 0 Å². The van der Waals surface area contributed by atoms with Gasteiger partial charge in [-0.25, -0.2) is 4.98 Å². The van der Waals surface area contributed by atoms with Crippen LogP contribution in [0.4, 0.5) is 5.95 Å². The third-order valence-corrected chi connectivity index (χ3v) is 1.57. The van der Waals surface area contributed by atoms with Crippen LogP contribution in [-0.2, 0) is 0 Å². The Bertz CT molecular complexity index is 366. The molecular formula is C8H8N4. The van der Waals surface area contributed by atoms with Crippen molar-refractivity contribution in [3.05, 3.63) is 30.7 Å². The molecule has 0 atom stereocenters. The highest BCUT2D eigenvalue weighted by Crippen LogP contribution is 2.14. The van der Waals surface area contributed by atoms with Crippen LogP contribution in [-0.4, -0.2) is 15.0 Å². The Kier molecular flexibility index (Phi) is 1.51. The van der Waals surface area contributed by atoms with Crippen LogP contribution in [0, 0.1) is 0 Å². The van der Waals surface area contributed by atoms with E-state index in [1.54, 1.807) is 18.6 Å². The van der Waals surface area contributed by atoms with Gasteiger partial charge in [-0.2, -0.15) is 0 Å². The number of hydrogen-bond donors (Lipinski definition) is 2. The lowest BCUT2D eigenvalue weighted by molar-refractivity contribution is 1.30. The molecule has 0 amide bonds. The summed E-state index contributed by atoms with van der Waals surface area (Å²) in [5, 5.41) is 0. The van der Waals surface area contributed by atoms with E-state index in [2.05, 4.69) is 15.0 Å². The molecule has 0 aliphatic carbocycles. The van der Waals surface area contributed by atoms with Gasteiger partial charge in [0.15, 0.2) is 5.95 Å². The first-order valence-electron chi connectivity index (χ1n) is 3.57. The van der Waals surface area contributed by atoms with E-state index in [1.807, 2.05) is 12.1 Å². The smallest absolute Gasteiger partial charge is 0.197 e. The third kappa shape index (κ3) is 1.14. The zero-order valence-electron chi connectivity index (χ0n) is 6.36. The minimum Gasteiger partial charge on any atom is -0.369 e. The minimum atomic E-state index is 0.425. The van der Waals surface area contributed by atoms with E-state index in [4.69, 9.17) is 5.73 Å². The summed E-state index contributed by atoms with van der Waals surface area (Å²) in [4.78, 5) is 10.8. The van der Waals surface area contributed by atoms with Crippen molar-refractivity contribution < 1.29 is 0 Å². The number of aromatic amines is 1. The number of aromatic nitrogens is 3. The van der Waals surface area contributed by atoms with Crippen molar-refractivity contribution in [2.24, 2.45) is 0 Å². The highest BCUT2D eigenvalue weighted by molar-refractivity contribution is 5.58. The molecule has 2 rings (SSSR count). The van der Waals surface area contributed by atoms with E-state index in [0.29, 0.717) is 5.95 Å². The molecule has 2 heterocycles. The highest BCUT2D eigenvalue weighted by Gasteiger charge is 1.98. The van der Waals surface area contributed by atoms with Crippen LogP contribution < -0.4 is 5.73 Å². The van der Waals surface area contributed by atoms with Crippen molar-refractivity contribution in [1.29, 1.82) is 0 Å². The first-order valence-corrected chi connectivity index (χ1v) is 3.57. The van der Waals surface area contributed by atoms with Crippen LogP contribution in [0.25, 0.3) is 11.3 Å². The molecule has 2 aromatic heterocycles. The maximum atomic E-state index is 5.43. The van der Waals surface area contributed by atoms with Crippen molar-refractivity contribution in [2.75, 3.05) is 5.73 Å². The summed E-state index contributed by atoms with van der Waals surface area (Å²) >= 11 is 0. The van der Waals surface area contributed by atoms with Crippen LogP contribution >= 0.6 is 0 Å². The molecule has 4 nitrogen and oxygen atoms in total. The molecule has 0 unspecified atom stereocenters. The summed E-state index contributed by atoms with van der Waals surface area (Å²) in [6.07, 6.45) is 5.17. The van der Waals surface area contributed by atoms with Gasteiger partial charge in [0.2, 0.25) is 0 Å². The minimum absolute atomic E-state index is 0.425. The topological polar surface area (TPSA) is 67.6 Å². The van der Waals surface area contributed by atoms with Crippen molar-refractivity contribution in [3.63, 3.8) is 0 Å². The molecular weight excluding hydrogens is 152 g/mol. The molecule has 0 aliphatic heterocycles. The quantitative estimate of drug-likeness (QED) is 0.655. The highest BCUT2D eigenvalue weighted by atomic mass is 15.0. The molecule has 0 saturated heterocycles. The normalized spacial score (nSPS) is 10.0. The second-order valence-corrected chi connectivity index (χ2v) is 2.42. The molecule has 60 valence electrons. The average Bonchev–Trinajstić information content (AvgIpc) is 2.54. The molecule has 0 saturated carbocycles. The van der Waals surface area contributed by atoms with Gasteiger partial charge in [-0.15, -0.1) is 0 Å². The largest absolute Gasteiger partial charge is 0.369 e. The predicted octanol–water partition coefficient (Wildman–Crippen LogP) is 1.05. The van der Waals surface area contributed by atoms with Gasteiger partial charge in [0, 0.05) is 18.0 Å². The second-order valence-electron chi connectivity index (χ2n) is 2.42. The number of nitrogens with zero attached hydrogens (tertiary/aromatic N) is 2. The lowest BCUT2D eigenvalue weighted by atomic mass is 10.2. The number of anilines is 1. The molecule has 4 heteroatoms. The van der Waals surface area contributed by atoms with Crippen LogP contribution in [0.1, 0.15) is 0 Å². The lowest BCUT2D eigenvalue weighted by Gasteiger charge is -1.93. The molecule has 0 aliphatic rings. The van der Waals surface area contributed by atoms with Crippen molar-refractivity contribution in [3.8, 4) is 11.3 Å². The number of rotatable bonds is 1. The van der Waals surface area contributed by atoms with Crippen molar-refractivity contribution in [2.45, 2.75) is 0 Å². The monoisotopic (exact) mass is 160 g/mol. The number of nitrogen functional groups attached to an aromatic ring is 1. The van der Waals surface area contributed by atoms with Gasteiger partial charge in [0.05, 0.1) is 11.9 Å². The van der Waals surface area contributed by atoms with E-state index < -0.39 is 0 Å². The Labute approximate surface area is 69.5 Å². The Morgan fingerprint density at radius 3 is 2.83 bits per heavy atom. The van der Waals surface area contributed by atoms with Gasteiger partial charge >= 0.3 is 0 Å². The summed E-state index contributed by atoms with van der Waals surface area (Å²) in [7, 11) is 0. The van der Waals surface area contributed by atoms with Crippen molar-refractivity contribution in [1.82, 2.24) is 15.0 Å². The van der Waals surface area contributed by atoms with E-state index in [1.165, 1.54) is 0 Å². The average molecular weight is 160 g/mol. The SMILES string of the molecule is Nc1ncc(-c2cccnc2)[nH]1.